The van der Waals surface area contributed by atoms with Crippen LogP contribution in [0.2, 0.25) is 0 Å². The molecule has 8 heavy (non-hydrogen) atoms. The molecule has 0 N–H and O–H groups in total. The molecule has 1 radical (unpaired) electrons. The Balaban J connectivity index is -0.000000125. The summed E-state index contributed by atoms with van der Waals surface area (Å²) in [6.45, 7) is 0. The van der Waals surface area contributed by atoms with Gasteiger partial charge in [0.05, 0.1) is 11.9 Å². The molecule has 0 heterocycles. The normalized spacial score (nSPS) is 5.50. The van der Waals surface area contributed by atoms with Gasteiger partial charge in [-0.3, -0.25) is 0 Å². The molecule has 0 rings (SSSR count). The monoisotopic (exact) mass is 158 g/mol. The number of carbonyl (C=O) groups is 2. The van der Waals surface area contributed by atoms with Crippen molar-refractivity contribution in [3.63, 3.8) is 0 Å². The third-order valence-electron chi connectivity index (χ3n) is 0.167. The Labute approximate surface area is 67.9 Å². The molecule has 6 heteroatoms. The second-order valence-corrected chi connectivity index (χ2v) is 0.575. The van der Waals surface area contributed by atoms with Gasteiger partial charge in [0, 0.05) is 0 Å². The van der Waals surface area contributed by atoms with Gasteiger partial charge in [-0.25, -0.2) is 0 Å². The van der Waals surface area contributed by atoms with Gasteiger partial charge in [-0.05, 0) is 0 Å². The maximum atomic E-state index is 8.93. The first kappa shape index (κ1) is 15.7. The number of aliphatic carboxylic acids is 2. The topological polar surface area (TPSA) is 80.3 Å². The molecule has 0 aliphatic heterocycles. The fraction of sp³-hybridized carbons (Fsp3) is 0. The summed E-state index contributed by atoms with van der Waals surface area (Å²) >= 11 is 0. The van der Waals surface area contributed by atoms with Crippen molar-refractivity contribution in [2.24, 2.45) is 0 Å². The predicted molar refractivity (Wildman–Crippen MR) is 10.0 cm³/mol. The van der Waals surface area contributed by atoms with Crippen LogP contribution in [0.5, 0.6) is 0 Å². The van der Waals surface area contributed by atoms with E-state index in [4.69, 9.17) is 19.8 Å². The molecule has 0 aliphatic rings. The van der Waals surface area contributed by atoms with Crippen molar-refractivity contribution in [1.82, 2.24) is 0 Å². The summed E-state index contributed by atoms with van der Waals surface area (Å²) in [5.41, 5.74) is 0. The summed E-state index contributed by atoms with van der Waals surface area (Å²) in [5, 5.41) is 17.9. The summed E-state index contributed by atoms with van der Waals surface area (Å²) in [4.78, 5) is 17.9. The molecule has 0 saturated carbocycles. The average Bonchev–Trinajstić information content (AvgIpc) is 1.36. The van der Waals surface area contributed by atoms with Gasteiger partial charge in [-0.1, -0.05) is 0 Å². The van der Waals surface area contributed by atoms with Gasteiger partial charge in [0.2, 0.25) is 0 Å². The van der Waals surface area contributed by atoms with E-state index in [1.807, 2.05) is 0 Å². The number of carboxylic acid groups (broad SMARTS) is 2. The van der Waals surface area contributed by atoms with E-state index in [9.17, 15) is 0 Å². The van der Waals surface area contributed by atoms with Gasteiger partial charge in [-0.15, -0.1) is 0 Å². The van der Waals surface area contributed by atoms with Crippen molar-refractivity contribution in [2.75, 3.05) is 0 Å². The molecule has 0 aliphatic carbocycles. The van der Waals surface area contributed by atoms with Crippen molar-refractivity contribution < 1.29 is 55.7 Å². The van der Waals surface area contributed by atoms with Crippen molar-refractivity contribution >= 4 is 11.9 Å². The Morgan fingerprint density at radius 1 is 1.00 bits per heavy atom. The van der Waals surface area contributed by atoms with Crippen LogP contribution in [0.3, 0.4) is 0 Å². The molecule has 0 atom stereocenters. The number of hydrogen-bond donors (Lipinski definition) is 0. The van der Waals surface area contributed by atoms with E-state index in [0.29, 0.717) is 0 Å². The SMILES string of the molecule is O=C([O-])C(=O)[O-].[Cu+2].[Li+]. The van der Waals surface area contributed by atoms with Gasteiger partial charge >= 0.3 is 35.9 Å². The molecule has 0 aromatic rings. The van der Waals surface area contributed by atoms with Crippen LogP contribution in [0.25, 0.3) is 0 Å². The van der Waals surface area contributed by atoms with Crippen molar-refractivity contribution in [1.29, 1.82) is 0 Å². The Bertz CT molecular complexity index is 80.0. The van der Waals surface area contributed by atoms with Gasteiger partial charge in [-0.2, -0.15) is 0 Å². The Morgan fingerprint density at radius 3 is 1.12 bits per heavy atom. The van der Waals surface area contributed by atoms with E-state index in [-0.39, 0.29) is 35.9 Å². The fourth-order valence-electron chi connectivity index (χ4n) is 0. The minimum Gasteiger partial charge on any atom is -0.543 e. The summed E-state index contributed by atoms with van der Waals surface area (Å²) in [7, 11) is 0. The van der Waals surface area contributed by atoms with Gasteiger partial charge in [0.15, 0.2) is 0 Å². The van der Waals surface area contributed by atoms with Crippen LogP contribution in [0, 0.1) is 0 Å². The molecular formula is C2CuLiO4+. The second-order valence-electron chi connectivity index (χ2n) is 0.575. The number of rotatable bonds is 0. The third-order valence-corrected chi connectivity index (χ3v) is 0.167. The van der Waals surface area contributed by atoms with Crippen LogP contribution in [0.4, 0.5) is 0 Å². The maximum Gasteiger partial charge on any atom is 2.00 e. The van der Waals surface area contributed by atoms with Crippen LogP contribution in [-0.4, -0.2) is 11.9 Å². The van der Waals surface area contributed by atoms with Crippen molar-refractivity contribution in [3.8, 4) is 0 Å². The summed E-state index contributed by atoms with van der Waals surface area (Å²) in [6.07, 6.45) is 0. The maximum absolute atomic E-state index is 8.93. The predicted octanol–water partition coefficient (Wildman–Crippen LogP) is -6.51. The molecule has 4 nitrogen and oxygen atoms in total. The minimum absolute atomic E-state index is 0. The smallest absolute Gasteiger partial charge is 0.543 e. The fourth-order valence-corrected chi connectivity index (χ4v) is 0. The van der Waals surface area contributed by atoms with Crippen LogP contribution in [0.1, 0.15) is 0 Å². The summed E-state index contributed by atoms with van der Waals surface area (Å²) < 4.78 is 0. The van der Waals surface area contributed by atoms with Crippen LogP contribution >= 0.6 is 0 Å². The van der Waals surface area contributed by atoms with E-state index in [0.717, 1.165) is 0 Å². The molecule has 0 aromatic carbocycles. The van der Waals surface area contributed by atoms with E-state index in [1.54, 1.807) is 0 Å². The zero-order valence-electron chi connectivity index (χ0n) is 3.93. The Kier molecular flexibility index (Phi) is 13.8. The molecule has 0 unspecified atom stereocenters. The van der Waals surface area contributed by atoms with Crippen molar-refractivity contribution in [3.05, 3.63) is 0 Å². The first-order chi connectivity index (χ1) is 2.64. The first-order valence-corrected chi connectivity index (χ1v) is 1.07. The average molecular weight is 159 g/mol. The van der Waals surface area contributed by atoms with E-state index < -0.39 is 11.9 Å². The second kappa shape index (κ2) is 7.06. The molecule has 0 bridgehead atoms. The van der Waals surface area contributed by atoms with Crippen molar-refractivity contribution in [2.45, 2.75) is 0 Å². The molecule has 0 fully saturated rings. The Morgan fingerprint density at radius 2 is 1.12 bits per heavy atom. The summed E-state index contributed by atoms with van der Waals surface area (Å²) in [5.74, 6) is -4.37. The molecule has 43 valence electrons. The van der Waals surface area contributed by atoms with Gasteiger partial charge in [0.25, 0.3) is 0 Å². The van der Waals surface area contributed by atoms with Crippen LogP contribution in [-0.2, 0) is 26.7 Å². The van der Waals surface area contributed by atoms with Crippen LogP contribution < -0.4 is 29.1 Å². The van der Waals surface area contributed by atoms with Gasteiger partial charge < -0.3 is 19.8 Å². The molecule has 0 aromatic heterocycles. The quantitative estimate of drug-likeness (QED) is 0.259. The summed E-state index contributed by atoms with van der Waals surface area (Å²) in [6, 6.07) is 0. The third kappa shape index (κ3) is 9.41. The number of hydrogen-bond acceptors (Lipinski definition) is 4. The van der Waals surface area contributed by atoms with E-state index in [1.165, 1.54) is 0 Å². The van der Waals surface area contributed by atoms with Gasteiger partial charge in [0.1, 0.15) is 0 Å². The largest absolute Gasteiger partial charge is 2.00 e. The first-order valence-electron chi connectivity index (χ1n) is 1.07. The molecule has 0 amide bonds. The number of carboxylic acids is 2. The Hall–Kier alpha value is 0.0569. The molecular weight excluding hydrogens is 159 g/mol. The minimum atomic E-state index is -2.19. The zero-order valence-corrected chi connectivity index (χ0v) is 4.88. The van der Waals surface area contributed by atoms with E-state index in [2.05, 4.69) is 0 Å². The molecule has 0 spiro atoms. The van der Waals surface area contributed by atoms with E-state index >= 15 is 0 Å². The van der Waals surface area contributed by atoms with Crippen LogP contribution in [0.15, 0.2) is 0 Å². The number of carbonyl (C=O) groups excluding carboxylic acids is 2. The molecule has 0 saturated heterocycles. The standard InChI is InChI=1S/C2H2O4.Cu.Li/c3-1(4)2(5)6;;/h(H,3,4)(H,5,6);;/q;+2;+1/p-2. The zero-order chi connectivity index (χ0) is 5.15.